The van der Waals surface area contributed by atoms with Crippen molar-refractivity contribution in [3.05, 3.63) is 39.2 Å². The fraction of sp³-hybridized carbons (Fsp3) is 0.231. The zero-order valence-corrected chi connectivity index (χ0v) is 13.1. The van der Waals surface area contributed by atoms with Crippen molar-refractivity contribution in [1.82, 2.24) is 9.97 Å². The molecule has 0 spiro atoms. The first-order valence-electron chi connectivity index (χ1n) is 5.83. The predicted molar refractivity (Wildman–Crippen MR) is 82.1 cm³/mol. The van der Waals surface area contributed by atoms with E-state index in [-0.39, 0.29) is 17.5 Å². The summed E-state index contributed by atoms with van der Waals surface area (Å²) < 4.78 is 5.59. The Morgan fingerprint density at radius 2 is 1.75 bits per heavy atom. The Hall–Kier alpha value is -1.23. The lowest BCUT2D eigenvalue weighted by Crippen LogP contribution is -1.99. The third kappa shape index (κ3) is 3.26. The SMILES string of the molecule is CC(C)c1nc(Oc2c(Cl)cc(N)cc2Cl)cnc1Cl. The molecule has 2 aromatic rings. The van der Waals surface area contributed by atoms with E-state index in [0.29, 0.717) is 26.6 Å². The highest BCUT2D eigenvalue weighted by Crippen LogP contribution is 2.38. The third-order valence-corrected chi connectivity index (χ3v) is 3.36. The standard InChI is InChI=1S/C13H12Cl3N3O/c1-6(2)11-13(16)18-5-10(19-11)20-12-8(14)3-7(17)4-9(12)15/h3-6H,17H2,1-2H3. The molecule has 1 aromatic heterocycles. The normalized spacial score (nSPS) is 10.9. The zero-order chi connectivity index (χ0) is 14.9. The number of nitrogens with zero attached hydrogens (tertiary/aromatic N) is 2. The van der Waals surface area contributed by atoms with Crippen LogP contribution in [0, 0.1) is 0 Å². The van der Waals surface area contributed by atoms with Crippen molar-refractivity contribution < 1.29 is 4.74 Å². The Morgan fingerprint density at radius 3 is 2.30 bits per heavy atom. The van der Waals surface area contributed by atoms with E-state index < -0.39 is 0 Å². The van der Waals surface area contributed by atoms with Gasteiger partial charge in [0.15, 0.2) is 10.9 Å². The van der Waals surface area contributed by atoms with E-state index in [2.05, 4.69) is 9.97 Å². The monoisotopic (exact) mass is 331 g/mol. The van der Waals surface area contributed by atoms with Gasteiger partial charge in [0.05, 0.1) is 21.9 Å². The second-order valence-corrected chi connectivity index (χ2v) is 5.63. The molecule has 1 aromatic carbocycles. The molecule has 0 amide bonds. The molecule has 7 heteroatoms. The number of nitrogen functional groups attached to an aromatic ring is 1. The molecule has 0 radical (unpaired) electrons. The molecule has 0 saturated carbocycles. The first-order valence-corrected chi connectivity index (χ1v) is 6.96. The largest absolute Gasteiger partial charge is 0.434 e. The van der Waals surface area contributed by atoms with Gasteiger partial charge in [-0.1, -0.05) is 48.7 Å². The van der Waals surface area contributed by atoms with Crippen molar-refractivity contribution in [2.24, 2.45) is 0 Å². The Balaban J connectivity index is 2.38. The number of nitrogens with two attached hydrogens (primary N) is 1. The highest BCUT2D eigenvalue weighted by molar-refractivity contribution is 6.37. The number of anilines is 1. The molecule has 2 rings (SSSR count). The molecular formula is C13H12Cl3N3O. The molecule has 0 atom stereocenters. The molecule has 106 valence electrons. The van der Waals surface area contributed by atoms with Crippen LogP contribution in [0.15, 0.2) is 18.3 Å². The molecule has 2 N–H and O–H groups in total. The van der Waals surface area contributed by atoms with Crippen LogP contribution in [-0.2, 0) is 0 Å². The predicted octanol–water partition coefficient (Wildman–Crippen LogP) is 4.93. The van der Waals surface area contributed by atoms with Crippen LogP contribution in [0.25, 0.3) is 0 Å². The summed E-state index contributed by atoms with van der Waals surface area (Å²) in [5.74, 6) is 0.677. The summed E-state index contributed by atoms with van der Waals surface area (Å²) in [7, 11) is 0. The van der Waals surface area contributed by atoms with E-state index in [1.807, 2.05) is 13.8 Å². The number of ether oxygens (including phenoxy) is 1. The molecule has 0 saturated heterocycles. The fourth-order valence-corrected chi connectivity index (χ4v) is 2.46. The molecule has 20 heavy (non-hydrogen) atoms. The first kappa shape index (κ1) is 15.2. The van der Waals surface area contributed by atoms with Gasteiger partial charge in [-0.2, -0.15) is 0 Å². The van der Waals surface area contributed by atoms with Crippen LogP contribution < -0.4 is 10.5 Å². The lowest BCUT2D eigenvalue weighted by Gasteiger charge is -2.12. The summed E-state index contributed by atoms with van der Waals surface area (Å²) in [5, 5.41) is 0.956. The van der Waals surface area contributed by atoms with Crippen LogP contribution in [0.2, 0.25) is 15.2 Å². The Morgan fingerprint density at radius 1 is 1.15 bits per heavy atom. The van der Waals surface area contributed by atoms with E-state index in [9.17, 15) is 0 Å². The second-order valence-electron chi connectivity index (χ2n) is 4.45. The van der Waals surface area contributed by atoms with Gasteiger partial charge in [-0.3, -0.25) is 0 Å². The quantitative estimate of drug-likeness (QED) is 0.809. The van der Waals surface area contributed by atoms with Gasteiger partial charge in [0.2, 0.25) is 5.88 Å². The van der Waals surface area contributed by atoms with Crippen LogP contribution in [0.3, 0.4) is 0 Å². The lowest BCUT2D eigenvalue weighted by atomic mass is 10.1. The minimum absolute atomic E-state index is 0.121. The topological polar surface area (TPSA) is 61.0 Å². The van der Waals surface area contributed by atoms with Gasteiger partial charge < -0.3 is 10.5 Å². The van der Waals surface area contributed by atoms with E-state index in [0.717, 1.165) is 0 Å². The summed E-state index contributed by atoms with van der Waals surface area (Å²) in [5.41, 5.74) is 6.74. The van der Waals surface area contributed by atoms with E-state index in [1.54, 1.807) is 12.1 Å². The van der Waals surface area contributed by atoms with Crippen molar-refractivity contribution in [3.63, 3.8) is 0 Å². The number of benzene rings is 1. The summed E-state index contributed by atoms with van der Waals surface area (Å²) in [6, 6.07) is 3.10. The molecule has 4 nitrogen and oxygen atoms in total. The Labute approximate surface area is 131 Å². The molecule has 0 aliphatic heterocycles. The lowest BCUT2D eigenvalue weighted by molar-refractivity contribution is 0.457. The zero-order valence-electron chi connectivity index (χ0n) is 10.8. The van der Waals surface area contributed by atoms with Crippen LogP contribution in [0.1, 0.15) is 25.5 Å². The highest BCUT2D eigenvalue weighted by Gasteiger charge is 2.14. The van der Waals surface area contributed by atoms with Gasteiger partial charge in [0.1, 0.15) is 0 Å². The maximum atomic E-state index is 6.05. The van der Waals surface area contributed by atoms with Crippen molar-refractivity contribution in [3.8, 4) is 11.6 Å². The molecule has 0 unspecified atom stereocenters. The van der Waals surface area contributed by atoms with Crippen LogP contribution >= 0.6 is 34.8 Å². The molecule has 0 aliphatic carbocycles. The average molecular weight is 333 g/mol. The molecule has 0 fully saturated rings. The minimum Gasteiger partial charge on any atom is -0.434 e. The van der Waals surface area contributed by atoms with Crippen LogP contribution in [-0.4, -0.2) is 9.97 Å². The van der Waals surface area contributed by atoms with Gasteiger partial charge in [0, 0.05) is 5.69 Å². The maximum Gasteiger partial charge on any atom is 0.238 e. The van der Waals surface area contributed by atoms with E-state index in [4.69, 9.17) is 45.3 Å². The average Bonchev–Trinajstić information content (AvgIpc) is 2.35. The summed E-state index contributed by atoms with van der Waals surface area (Å²) in [6.07, 6.45) is 1.41. The van der Waals surface area contributed by atoms with Crippen LogP contribution in [0.4, 0.5) is 5.69 Å². The number of hydrogen-bond donors (Lipinski definition) is 1. The summed E-state index contributed by atoms with van der Waals surface area (Å²) in [6.45, 7) is 3.92. The van der Waals surface area contributed by atoms with Crippen LogP contribution in [0.5, 0.6) is 11.6 Å². The van der Waals surface area contributed by atoms with Crippen molar-refractivity contribution in [2.45, 2.75) is 19.8 Å². The van der Waals surface area contributed by atoms with Gasteiger partial charge in [-0.15, -0.1) is 0 Å². The number of rotatable bonds is 3. The van der Waals surface area contributed by atoms with Gasteiger partial charge in [-0.05, 0) is 18.1 Å². The first-order chi connectivity index (χ1) is 9.38. The molecule has 0 bridgehead atoms. The van der Waals surface area contributed by atoms with Gasteiger partial charge >= 0.3 is 0 Å². The smallest absolute Gasteiger partial charge is 0.238 e. The van der Waals surface area contributed by atoms with E-state index >= 15 is 0 Å². The Kier molecular flexibility index (Phi) is 4.58. The fourth-order valence-electron chi connectivity index (χ4n) is 1.57. The van der Waals surface area contributed by atoms with Crippen molar-refractivity contribution in [2.75, 3.05) is 5.73 Å². The summed E-state index contributed by atoms with van der Waals surface area (Å²) in [4.78, 5) is 8.35. The van der Waals surface area contributed by atoms with Gasteiger partial charge in [-0.25, -0.2) is 9.97 Å². The van der Waals surface area contributed by atoms with Crippen molar-refractivity contribution in [1.29, 1.82) is 0 Å². The second kappa shape index (κ2) is 6.04. The number of hydrogen-bond acceptors (Lipinski definition) is 4. The Bertz CT molecular complexity index is 624. The maximum absolute atomic E-state index is 6.05. The van der Waals surface area contributed by atoms with E-state index in [1.165, 1.54) is 6.20 Å². The number of aromatic nitrogens is 2. The van der Waals surface area contributed by atoms with Gasteiger partial charge in [0.25, 0.3) is 0 Å². The summed E-state index contributed by atoms with van der Waals surface area (Å²) >= 11 is 18.1. The highest BCUT2D eigenvalue weighted by atomic mass is 35.5. The minimum atomic E-state index is 0.121. The molecule has 1 heterocycles. The third-order valence-electron chi connectivity index (χ3n) is 2.50. The molecular weight excluding hydrogens is 321 g/mol. The number of halogens is 3. The van der Waals surface area contributed by atoms with Crippen molar-refractivity contribution >= 4 is 40.5 Å². The molecule has 0 aliphatic rings.